The van der Waals surface area contributed by atoms with E-state index in [1.807, 2.05) is 36.4 Å². The molecule has 4 nitrogen and oxygen atoms in total. The molecule has 0 saturated carbocycles. The predicted octanol–water partition coefficient (Wildman–Crippen LogP) is 3.55. The molecule has 2 aromatic carbocycles. The summed E-state index contributed by atoms with van der Waals surface area (Å²) < 4.78 is 5.70. The fourth-order valence-electron chi connectivity index (χ4n) is 3.80. The molecule has 23 heavy (non-hydrogen) atoms. The number of rotatable bonds is 2. The van der Waals surface area contributed by atoms with E-state index in [0.717, 1.165) is 15.8 Å². The monoisotopic (exact) mass is 330 g/mol. The highest BCUT2D eigenvalue weighted by molar-refractivity contribution is 6.20. The Balaban J connectivity index is 1.58. The van der Waals surface area contributed by atoms with Gasteiger partial charge in [-0.3, -0.25) is 0 Å². The van der Waals surface area contributed by atoms with Crippen molar-refractivity contribution in [3.8, 4) is 0 Å². The molecule has 0 N–H and O–H groups in total. The van der Waals surface area contributed by atoms with Crippen LogP contribution in [0.3, 0.4) is 0 Å². The van der Waals surface area contributed by atoms with E-state index in [9.17, 15) is 10.0 Å². The van der Waals surface area contributed by atoms with Gasteiger partial charge >= 0.3 is 5.97 Å². The molecule has 2 saturated heterocycles. The number of carbonyl (C=O) groups excluding carboxylic acids is 1. The lowest BCUT2D eigenvalue weighted by Gasteiger charge is -2.30. The number of alkyl halides is 1. The second-order valence-corrected chi connectivity index (χ2v) is 6.97. The molecule has 2 bridgehead atoms. The van der Waals surface area contributed by atoms with E-state index in [1.165, 1.54) is 0 Å². The molecular weight excluding hydrogens is 314 g/mol. The lowest BCUT2D eigenvalue weighted by atomic mass is 10.0. The minimum Gasteiger partial charge on any atom is -0.457 e. The lowest BCUT2D eigenvalue weighted by molar-refractivity contribution is -0.212. The third kappa shape index (κ3) is 2.61. The Hall–Kier alpha value is -1.62. The van der Waals surface area contributed by atoms with E-state index in [0.29, 0.717) is 24.8 Å². The molecule has 0 amide bonds. The van der Waals surface area contributed by atoms with Gasteiger partial charge in [0.1, 0.15) is 6.10 Å². The Morgan fingerprint density at radius 3 is 2.74 bits per heavy atom. The van der Waals surface area contributed by atoms with Gasteiger partial charge in [-0.25, -0.2) is 4.79 Å². The van der Waals surface area contributed by atoms with Crippen LogP contribution >= 0.6 is 11.6 Å². The van der Waals surface area contributed by atoms with E-state index < -0.39 is 0 Å². The number of benzene rings is 2. The number of esters is 1. The summed E-state index contributed by atoms with van der Waals surface area (Å²) in [7, 11) is 0. The Bertz CT molecular complexity index is 745. The molecule has 2 aromatic rings. The normalized spacial score (nSPS) is 30.5. The van der Waals surface area contributed by atoms with Crippen molar-refractivity contribution in [1.82, 2.24) is 5.06 Å². The van der Waals surface area contributed by atoms with Gasteiger partial charge in [0.2, 0.25) is 0 Å². The highest BCUT2D eigenvalue weighted by atomic mass is 35.5. The summed E-state index contributed by atoms with van der Waals surface area (Å²) in [4.78, 5) is 12.6. The molecule has 119 valence electrons. The number of hydrogen-bond donors (Lipinski definition) is 0. The number of carbonyl (C=O) groups is 1. The Kier molecular flexibility index (Phi) is 3.76. The van der Waals surface area contributed by atoms with Gasteiger partial charge < -0.3 is 4.74 Å². The van der Waals surface area contributed by atoms with Crippen LogP contribution < -0.4 is 0 Å². The van der Waals surface area contributed by atoms with Crippen LogP contribution in [0, 0.1) is 0 Å². The average molecular weight is 331 g/mol. The first-order valence-corrected chi connectivity index (χ1v) is 8.35. The van der Waals surface area contributed by atoms with Crippen molar-refractivity contribution in [2.75, 3.05) is 0 Å². The zero-order valence-electron chi connectivity index (χ0n) is 12.5. The molecule has 1 radical (unpaired) electrons. The average Bonchev–Trinajstić information content (AvgIpc) is 2.73. The number of nitrogens with zero attached hydrogens (tertiary/aromatic N) is 1. The zero-order valence-corrected chi connectivity index (χ0v) is 13.3. The van der Waals surface area contributed by atoms with Gasteiger partial charge in [-0.05, 0) is 29.7 Å². The van der Waals surface area contributed by atoms with Crippen LogP contribution in [0.4, 0.5) is 0 Å². The van der Waals surface area contributed by atoms with Crippen LogP contribution in [-0.2, 0) is 9.94 Å². The van der Waals surface area contributed by atoms with Crippen LogP contribution in [0.1, 0.15) is 29.6 Å². The smallest absolute Gasteiger partial charge is 0.339 e. The first-order valence-electron chi connectivity index (χ1n) is 7.92. The maximum Gasteiger partial charge on any atom is 0.339 e. The van der Waals surface area contributed by atoms with E-state index in [4.69, 9.17) is 16.3 Å². The third-order valence-corrected chi connectivity index (χ3v) is 5.27. The van der Waals surface area contributed by atoms with Crippen LogP contribution in [-0.4, -0.2) is 34.6 Å². The van der Waals surface area contributed by atoms with Crippen LogP contribution in [0.5, 0.6) is 0 Å². The van der Waals surface area contributed by atoms with E-state index in [1.54, 1.807) is 6.07 Å². The Morgan fingerprint density at radius 1 is 1.09 bits per heavy atom. The van der Waals surface area contributed by atoms with Crippen molar-refractivity contribution < 1.29 is 14.7 Å². The van der Waals surface area contributed by atoms with Crippen molar-refractivity contribution in [1.29, 1.82) is 0 Å². The van der Waals surface area contributed by atoms with E-state index in [2.05, 4.69) is 0 Å². The quantitative estimate of drug-likeness (QED) is 0.625. The highest BCUT2D eigenvalue weighted by Gasteiger charge is 2.49. The summed E-state index contributed by atoms with van der Waals surface area (Å²) in [6, 6.07) is 12.9. The molecule has 2 aliphatic heterocycles. The highest BCUT2D eigenvalue weighted by Crippen LogP contribution is 2.38. The molecule has 4 atom stereocenters. The fourth-order valence-corrected chi connectivity index (χ4v) is 4.19. The summed E-state index contributed by atoms with van der Waals surface area (Å²) in [6.07, 6.45) is 1.46. The van der Waals surface area contributed by atoms with Crippen molar-refractivity contribution in [3.63, 3.8) is 0 Å². The molecule has 5 heteroatoms. The molecule has 0 aliphatic carbocycles. The molecular formula is C18H17ClNO3. The first-order chi connectivity index (χ1) is 11.1. The van der Waals surface area contributed by atoms with Crippen molar-refractivity contribution >= 4 is 28.3 Å². The summed E-state index contributed by atoms with van der Waals surface area (Å²) in [5.74, 6) is -0.362. The predicted molar refractivity (Wildman–Crippen MR) is 86.7 cm³/mol. The van der Waals surface area contributed by atoms with Gasteiger partial charge in [-0.2, -0.15) is 0 Å². The standard InChI is InChI=1S/C18H17ClNO3/c19-12-8-13-10-17(16(9-12)20(13)22)23-18(21)15-7-3-5-11-4-1-2-6-14(11)15/h1-7,12-13,16-17H,8-10H2/t12-,13+,16-,17+/m1/s1. The van der Waals surface area contributed by atoms with Gasteiger partial charge in [-0.15, -0.1) is 21.9 Å². The lowest BCUT2D eigenvalue weighted by Crippen LogP contribution is -2.43. The number of hydrogen-bond acceptors (Lipinski definition) is 3. The second kappa shape index (κ2) is 5.78. The number of fused-ring (bicyclic) bond motifs is 3. The van der Waals surface area contributed by atoms with Gasteiger partial charge in [0.25, 0.3) is 0 Å². The number of halogens is 1. The summed E-state index contributed by atoms with van der Waals surface area (Å²) in [6.45, 7) is 0. The van der Waals surface area contributed by atoms with Gasteiger partial charge in [0, 0.05) is 17.8 Å². The van der Waals surface area contributed by atoms with Crippen LogP contribution in [0.25, 0.3) is 10.8 Å². The fraction of sp³-hybridized carbons (Fsp3) is 0.389. The molecule has 2 heterocycles. The van der Waals surface area contributed by atoms with Crippen molar-refractivity contribution in [3.05, 3.63) is 48.0 Å². The SMILES string of the molecule is [O]N1[C@H]2C[C@@H](Cl)C[C@@H]1[C@@H](OC(=O)c1cccc3ccccc13)C2. The maximum absolute atomic E-state index is 12.6. The van der Waals surface area contributed by atoms with E-state index >= 15 is 0 Å². The maximum atomic E-state index is 12.6. The molecule has 4 rings (SSSR count). The third-order valence-electron chi connectivity index (χ3n) is 4.91. The summed E-state index contributed by atoms with van der Waals surface area (Å²) in [5, 5.41) is 15.1. The van der Waals surface area contributed by atoms with Gasteiger partial charge in [0.15, 0.2) is 0 Å². The second-order valence-electron chi connectivity index (χ2n) is 6.36. The molecule has 0 aromatic heterocycles. The number of hydroxylamine groups is 2. The molecule has 0 unspecified atom stereocenters. The summed E-state index contributed by atoms with van der Waals surface area (Å²) >= 11 is 6.20. The Labute approximate surface area is 139 Å². The van der Waals surface area contributed by atoms with Gasteiger partial charge in [0.05, 0.1) is 11.6 Å². The molecule has 2 aliphatic rings. The minimum absolute atomic E-state index is 0.00328. The van der Waals surface area contributed by atoms with Crippen molar-refractivity contribution in [2.45, 2.75) is 42.8 Å². The first kappa shape index (κ1) is 14.9. The van der Waals surface area contributed by atoms with E-state index in [-0.39, 0.29) is 29.5 Å². The Morgan fingerprint density at radius 2 is 1.87 bits per heavy atom. The van der Waals surface area contributed by atoms with Crippen LogP contribution in [0.15, 0.2) is 42.5 Å². The molecule has 0 spiro atoms. The van der Waals surface area contributed by atoms with Crippen LogP contribution in [0.2, 0.25) is 0 Å². The summed E-state index contributed by atoms with van der Waals surface area (Å²) in [5.41, 5.74) is 0.546. The zero-order chi connectivity index (χ0) is 16.0. The topological polar surface area (TPSA) is 49.4 Å². The van der Waals surface area contributed by atoms with Crippen molar-refractivity contribution in [2.24, 2.45) is 0 Å². The number of ether oxygens (including phenoxy) is 1. The molecule has 2 fully saturated rings. The minimum atomic E-state index is -0.368. The largest absolute Gasteiger partial charge is 0.457 e. The van der Waals surface area contributed by atoms with Gasteiger partial charge in [-0.1, -0.05) is 36.4 Å². The number of piperidine rings is 1.